The smallest absolute Gasteiger partial charge is 0.0662 e. The molecule has 0 saturated carbocycles. The van der Waals surface area contributed by atoms with E-state index in [4.69, 9.17) is 4.74 Å². The summed E-state index contributed by atoms with van der Waals surface area (Å²) in [5.41, 5.74) is 0. The van der Waals surface area contributed by atoms with Crippen molar-refractivity contribution in [3.8, 4) is 0 Å². The topological polar surface area (TPSA) is 12.5 Å². The van der Waals surface area contributed by atoms with E-state index in [2.05, 4.69) is 20.2 Å². The highest BCUT2D eigenvalue weighted by atomic mass is 79.9. The lowest BCUT2D eigenvalue weighted by Crippen LogP contribution is -2.37. The molecule has 0 aromatic rings. The standard InChI is InChI=1S/C9H16BrNOS/c10-5-8-1-3-11(4-2-8)13-9-6-12-7-9/h8-9H,1-7H2. The molecule has 2 fully saturated rings. The van der Waals surface area contributed by atoms with Gasteiger partial charge in [-0.05, 0) is 18.8 Å². The highest BCUT2D eigenvalue weighted by Gasteiger charge is 2.25. The molecule has 0 unspecified atom stereocenters. The van der Waals surface area contributed by atoms with Crippen LogP contribution in [0, 0.1) is 5.92 Å². The third-order valence-electron chi connectivity index (χ3n) is 2.70. The normalized spacial score (nSPS) is 27.5. The number of alkyl halides is 1. The number of ether oxygens (including phenoxy) is 1. The van der Waals surface area contributed by atoms with Crippen molar-refractivity contribution in [3.63, 3.8) is 0 Å². The molecule has 0 aliphatic carbocycles. The van der Waals surface area contributed by atoms with Gasteiger partial charge in [-0.1, -0.05) is 27.9 Å². The van der Waals surface area contributed by atoms with Gasteiger partial charge in [-0.3, -0.25) is 4.31 Å². The maximum atomic E-state index is 5.16. The van der Waals surface area contributed by atoms with Gasteiger partial charge >= 0.3 is 0 Å². The number of piperidine rings is 1. The first-order valence-electron chi connectivity index (χ1n) is 4.94. The van der Waals surface area contributed by atoms with E-state index >= 15 is 0 Å². The molecular formula is C9H16BrNOS. The molecule has 2 nitrogen and oxygen atoms in total. The van der Waals surface area contributed by atoms with Gasteiger partial charge in [-0.2, -0.15) is 0 Å². The van der Waals surface area contributed by atoms with E-state index in [1.54, 1.807) is 0 Å². The first kappa shape index (κ1) is 10.3. The lowest BCUT2D eigenvalue weighted by atomic mass is 10.0. The molecule has 2 rings (SSSR count). The van der Waals surface area contributed by atoms with Gasteiger partial charge in [-0.25, -0.2) is 0 Å². The van der Waals surface area contributed by atoms with E-state index in [-0.39, 0.29) is 0 Å². The third-order valence-corrected chi connectivity index (χ3v) is 4.85. The van der Waals surface area contributed by atoms with Crippen LogP contribution in [-0.4, -0.2) is 41.2 Å². The van der Waals surface area contributed by atoms with Crippen molar-refractivity contribution in [3.05, 3.63) is 0 Å². The Morgan fingerprint density at radius 1 is 1.31 bits per heavy atom. The SMILES string of the molecule is BrCC1CCN(SC2COC2)CC1. The van der Waals surface area contributed by atoms with Crippen molar-refractivity contribution < 1.29 is 4.74 Å². The molecule has 76 valence electrons. The average molecular weight is 266 g/mol. The van der Waals surface area contributed by atoms with E-state index < -0.39 is 0 Å². The second-order valence-corrected chi connectivity index (χ2v) is 5.83. The third kappa shape index (κ3) is 2.85. The second kappa shape index (κ2) is 5.01. The van der Waals surface area contributed by atoms with Crippen molar-refractivity contribution >= 4 is 27.9 Å². The van der Waals surface area contributed by atoms with Gasteiger partial charge in [0.2, 0.25) is 0 Å². The Hall–Kier alpha value is 0.750. The van der Waals surface area contributed by atoms with Crippen LogP contribution in [0.4, 0.5) is 0 Å². The summed E-state index contributed by atoms with van der Waals surface area (Å²) >= 11 is 5.57. The molecule has 0 atom stereocenters. The summed E-state index contributed by atoms with van der Waals surface area (Å²) in [6, 6.07) is 0. The van der Waals surface area contributed by atoms with Gasteiger partial charge in [0.1, 0.15) is 0 Å². The minimum Gasteiger partial charge on any atom is -0.379 e. The van der Waals surface area contributed by atoms with Crippen molar-refractivity contribution in [1.29, 1.82) is 0 Å². The summed E-state index contributed by atoms with van der Waals surface area (Å²) in [4.78, 5) is 0. The number of halogens is 1. The fourth-order valence-electron chi connectivity index (χ4n) is 1.65. The van der Waals surface area contributed by atoms with Crippen LogP contribution in [0.5, 0.6) is 0 Å². The average Bonchev–Trinajstić information content (AvgIpc) is 2.12. The number of hydrogen-bond donors (Lipinski definition) is 0. The lowest BCUT2D eigenvalue weighted by Gasteiger charge is -2.35. The molecule has 2 saturated heterocycles. The van der Waals surface area contributed by atoms with Crippen LogP contribution in [0.25, 0.3) is 0 Å². The molecule has 2 aliphatic rings. The summed E-state index contributed by atoms with van der Waals surface area (Å²) in [6.07, 6.45) is 2.71. The highest BCUT2D eigenvalue weighted by Crippen LogP contribution is 2.28. The molecule has 2 heterocycles. The maximum absolute atomic E-state index is 5.16. The quantitative estimate of drug-likeness (QED) is 0.573. The molecule has 0 aromatic carbocycles. The molecule has 0 radical (unpaired) electrons. The first-order chi connectivity index (χ1) is 6.38. The van der Waals surface area contributed by atoms with Gasteiger partial charge in [-0.15, -0.1) is 0 Å². The summed E-state index contributed by atoms with van der Waals surface area (Å²) in [5.74, 6) is 0.912. The van der Waals surface area contributed by atoms with E-state index in [9.17, 15) is 0 Å². The Balaban J connectivity index is 1.65. The van der Waals surface area contributed by atoms with Crippen molar-refractivity contribution in [2.75, 3.05) is 31.6 Å². The van der Waals surface area contributed by atoms with Crippen LogP contribution >= 0.6 is 27.9 Å². The molecule has 4 heteroatoms. The zero-order chi connectivity index (χ0) is 9.10. The molecule has 0 amide bonds. The lowest BCUT2D eigenvalue weighted by molar-refractivity contribution is 0.0438. The summed E-state index contributed by atoms with van der Waals surface area (Å²) in [6.45, 7) is 4.45. The first-order valence-corrected chi connectivity index (χ1v) is 6.89. The predicted octanol–water partition coefficient (Wildman–Crippen LogP) is 2.14. The van der Waals surface area contributed by atoms with Gasteiger partial charge < -0.3 is 4.74 Å². The highest BCUT2D eigenvalue weighted by molar-refractivity contribution is 9.09. The second-order valence-electron chi connectivity index (χ2n) is 3.79. The van der Waals surface area contributed by atoms with E-state index in [1.165, 1.54) is 31.3 Å². The molecule has 0 spiro atoms. The summed E-state index contributed by atoms with van der Waals surface area (Å²) in [7, 11) is 0. The number of rotatable bonds is 3. The van der Waals surface area contributed by atoms with Crippen molar-refractivity contribution in [2.24, 2.45) is 5.92 Å². The maximum Gasteiger partial charge on any atom is 0.0662 e. The summed E-state index contributed by atoms with van der Waals surface area (Å²) in [5, 5.41) is 1.93. The van der Waals surface area contributed by atoms with Crippen molar-refractivity contribution in [1.82, 2.24) is 4.31 Å². The van der Waals surface area contributed by atoms with Crippen LogP contribution in [0.2, 0.25) is 0 Å². The largest absolute Gasteiger partial charge is 0.379 e. The fraction of sp³-hybridized carbons (Fsp3) is 1.00. The Morgan fingerprint density at radius 3 is 2.46 bits per heavy atom. The molecule has 2 aliphatic heterocycles. The fourth-order valence-corrected chi connectivity index (χ4v) is 3.46. The number of hydrogen-bond acceptors (Lipinski definition) is 3. The Kier molecular flexibility index (Phi) is 3.96. The van der Waals surface area contributed by atoms with E-state index in [1.807, 2.05) is 11.9 Å². The van der Waals surface area contributed by atoms with Gasteiger partial charge in [0, 0.05) is 18.4 Å². The van der Waals surface area contributed by atoms with Gasteiger partial charge in [0.25, 0.3) is 0 Å². The Morgan fingerprint density at radius 2 is 2.00 bits per heavy atom. The van der Waals surface area contributed by atoms with Gasteiger partial charge in [0.15, 0.2) is 0 Å². The van der Waals surface area contributed by atoms with Crippen molar-refractivity contribution in [2.45, 2.75) is 18.1 Å². The summed E-state index contributed by atoms with van der Waals surface area (Å²) < 4.78 is 7.68. The van der Waals surface area contributed by atoms with Crippen LogP contribution < -0.4 is 0 Å². The minimum atomic E-state index is 0.750. The van der Waals surface area contributed by atoms with Crippen LogP contribution in [-0.2, 0) is 4.74 Å². The van der Waals surface area contributed by atoms with E-state index in [0.29, 0.717) is 0 Å². The molecule has 0 bridgehead atoms. The molecule has 13 heavy (non-hydrogen) atoms. The van der Waals surface area contributed by atoms with Gasteiger partial charge in [0.05, 0.1) is 18.5 Å². The molecule has 0 aromatic heterocycles. The monoisotopic (exact) mass is 265 g/mol. The van der Waals surface area contributed by atoms with Crippen LogP contribution in [0.3, 0.4) is 0 Å². The predicted molar refractivity (Wildman–Crippen MR) is 60.3 cm³/mol. The minimum absolute atomic E-state index is 0.750. The van der Waals surface area contributed by atoms with Crippen LogP contribution in [0.1, 0.15) is 12.8 Å². The Labute approximate surface area is 92.6 Å². The van der Waals surface area contributed by atoms with Crippen LogP contribution in [0.15, 0.2) is 0 Å². The zero-order valence-corrected chi connectivity index (χ0v) is 10.1. The zero-order valence-electron chi connectivity index (χ0n) is 7.75. The molecular weight excluding hydrogens is 250 g/mol. The van der Waals surface area contributed by atoms with E-state index in [0.717, 1.165) is 24.4 Å². The molecule has 0 N–H and O–H groups in total. The Bertz CT molecular complexity index is 158. The number of nitrogens with zero attached hydrogens (tertiary/aromatic N) is 1.